The van der Waals surface area contributed by atoms with E-state index in [4.69, 9.17) is 57.6 Å². The van der Waals surface area contributed by atoms with Crippen molar-refractivity contribution in [2.75, 3.05) is 54.3 Å². The number of methoxy groups -OCH3 is 3. The maximum Gasteiger partial charge on any atom is 0.203 e. The molecular formula is C39H41Cl2N3O6. The smallest absolute Gasteiger partial charge is 0.203 e. The monoisotopic (exact) mass is 717 g/mol. The second kappa shape index (κ2) is 18.0. The molecule has 5 aromatic rings. The number of benzene rings is 4. The first-order valence-electron chi connectivity index (χ1n) is 16.3. The first kappa shape index (κ1) is 36.9. The molecule has 262 valence electrons. The minimum atomic E-state index is 0.0537. The Bertz CT molecular complexity index is 1870. The summed E-state index contributed by atoms with van der Waals surface area (Å²) in [5, 5.41) is 1.11. The molecule has 0 aliphatic carbocycles. The van der Waals surface area contributed by atoms with Crippen molar-refractivity contribution >= 4 is 29.0 Å². The number of rotatable bonds is 18. The number of ketones is 1. The zero-order valence-electron chi connectivity index (χ0n) is 28.4. The van der Waals surface area contributed by atoms with Crippen LogP contribution in [0, 0.1) is 0 Å². The predicted molar refractivity (Wildman–Crippen MR) is 198 cm³/mol. The summed E-state index contributed by atoms with van der Waals surface area (Å²) in [5.41, 5.74) is 10.7. The van der Waals surface area contributed by atoms with Gasteiger partial charge in [0.15, 0.2) is 17.3 Å². The van der Waals surface area contributed by atoms with Gasteiger partial charge in [0, 0.05) is 53.4 Å². The van der Waals surface area contributed by atoms with Crippen molar-refractivity contribution in [2.45, 2.75) is 19.4 Å². The summed E-state index contributed by atoms with van der Waals surface area (Å²) in [6, 6.07) is 26.6. The van der Waals surface area contributed by atoms with E-state index < -0.39 is 0 Å². The van der Waals surface area contributed by atoms with Gasteiger partial charge >= 0.3 is 0 Å². The Morgan fingerprint density at radius 1 is 0.760 bits per heavy atom. The van der Waals surface area contributed by atoms with Crippen molar-refractivity contribution in [2.24, 2.45) is 5.73 Å². The lowest BCUT2D eigenvalue weighted by Crippen LogP contribution is -2.12. The molecule has 0 aliphatic heterocycles. The average molecular weight is 719 g/mol. The van der Waals surface area contributed by atoms with Crippen LogP contribution < -0.4 is 19.9 Å². The molecule has 0 saturated carbocycles. The summed E-state index contributed by atoms with van der Waals surface area (Å²) in [6.45, 7) is 2.84. The SMILES string of the molecule is COc1cc(-c2nc(-c3ccccc3Cl)c(-c3ccccc3Cl)n2Cc2ccc(C(=O)CCCOCCOCCN)cc2)cc(OC)c1OC. The van der Waals surface area contributed by atoms with Crippen molar-refractivity contribution in [3.05, 3.63) is 106 Å². The Morgan fingerprint density at radius 3 is 1.94 bits per heavy atom. The molecule has 9 nitrogen and oxygen atoms in total. The van der Waals surface area contributed by atoms with Crippen LogP contribution in [0.1, 0.15) is 28.8 Å². The van der Waals surface area contributed by atoms with Gasteiger partial charge in [0.1, 0.15) is 5.82 Å². The van der Waals surface area contributed by atoms with Crippen molar-refractivity contribution in [3.63, 3.8) is 0 Å². The van der Waals surface area contributed by atoms with E-state index in [2.05, 4.69) is 4.57 Å². The minimum absolute atomic E-state index is 0.0537. The molecule has 0 unspecified atom stereocenters. The number of carbonyl (C=O) groups excluding carboxylic acids is 1. The van der Waals surface area contributed by atoms with Gasteiger partial charge in [0.05, 0.1) is 57.6 Å². The molecule has 0 saturated heterocycles. The summed E-state index contributed by atoms with van der Waals surface area (Å²) in [7, 11) is 4.72. The lowest BCUT2D eigenvalue weighted by molar-refractivity contribution is 0.0489. The predicted octanol–water partition coefficient (Wildman–Crippen LogP) is 8.22. The number of ether oxygens (including phenoxy) is 5. The van der Waals surface area contributed by atoms with Crippen LogP contribution in [0.2, 0.25) is 10.0 Å². The van der Waals surface area contributed by atoms with Gasteiger partial charge in [-0.1, -0.05) is 83.9 Å². The van der Waals surface area contributed by atoms with Gasteiger partial charge in [-0.2, -0.15) is 0 Å². The number of Topliss-reactive ketones (excluding diaryl/α,β-unsaturated/α-hetero) is 1. The molecule has 0 fully saturated rings. The van der Waals surface area contributed by atoms with Gasteiger partial charge in [-0.25, -0.2) is 4.98 Å². The van der Waals surface area contributed by atoms with E-state index in [1.54, 1.807) is 21.3 Å². The lowest BCUT2D eigenvalue weighted by atomic mass is 10.0. The van der Waals surface area contributed by atoms with E-state index >= 15 is 0 Å². The molecule has 11 heteroatoms. The van der Waals surface area contributed by atoms with Gasteiger partial charge in [-0.15, -0.1) is 0 Å². The summed E-state index contributed by atoms with van der Waals surface area (Å²) < 4.78 is 30.0. The second-order valence-electron chi connectivity index (χ2n) is 11.3. The van der Waals surface area contributed by atoms with Crippen LogP contribution in [-0.4, -0.2) is 69.6 Å². The quantitative estimate of drug-likeness (QED) is 0.0714. The fourth-order valence-corrected chi connectivity index (χ4v) is 6.12. The van der Waals surface area contributed by atoms with Gasteiger partial charge in [0.2, 0.25) is 5.75 Å². The number of halogens is 2. The van der Waals surface area contributed by atoms with E-state index in [0.29, 0.717) is 96.7 Å². The Labute approximate surface area is 302 Å². The third kappa shape index (κ3) is 8.67. The number of carbonyl (C=O) groups is 1. The van der Waals surface area contributed by atoms with Crippen molar-refractivity contribution in [1.29, 1.82) is 0 Å². The Morgan fingerprint density at radius 2 is 1.36 bits per heavy atom. The zero-order chi connectivity index (χ0) is 35.5. The van der Waals surface area contributed by atoms with E-state index in [-0.39, 0.29) is 5.78 Å². The zero-order valence-corrected chi connectivity index (χ0v) is 29.9. The highest BCUT2D eigenvalue weighted by Crippen LogP contribution is 2.45. The van der Waals surface area contributed by atoms with E-state index in [0.717, 1.165) is 27.9 Å². The highest BCUT2D eigenvalue weighted by atomic mass is 35.5. The molecule has 0 radical (unpaired) electrons. The lowest BCUT2D eigenvalue weighted by Gasteiger charge is -2.17. The van der Waals surface area contributed by atoms with Crippen molar-refractivity contribution in [1.82, 2.24) is 9.55 Å². The topological polar surface area (TPSA) is 107 Å². The van der Waals surface area contributed by atoms with Gasteiger partial charge < -0.3 is 34.0 Å². The highest BCUT2D eigenvalue weighted by molar-refractivity contribution is 6.34. The molecule has 1 aromatic heterocycles. The largest absolute Gasteiger partial charge is 0.493 e. The van der Waals surface area contributed by atoms with Gasteiger partial charge in [-0.05, 0) is 36.2 Å². The van der Waals surface area contributed by atoms with Gasteiger partial charge in [-0.3, -0.25) is 4.79 Å². The summed E-state index contributed by atoms with van der Waals surface area (Å²) >= 11 is 13.7. The number of imidazole rings is 1. The fraction of sp³-hybridized carbons (Fsp3) is 0.282. The molecule has 1 heterocycles. The van der Waals surface area contributed by atoms with E-state index in [9.17, 15) is 4.79 Å². The molecule has 4 aromatic carbocycles. The van der Waals surface area contributed by atoms with Crippen molar-refractivity contribution in [3.8, 4) is 51.2 Å². The Balaban J connectivity index is 1.54. The fourth-order valence-electron chi connectivity index (χ4n) is 5.67. The van der Waals surface area contributed by atoms with Crippen LogP contribution >= 0.6 is 23.2 Å². The number of nitrogens with two attached hydrogens (primary N) is 1. The Kier molecular flexibility index (Phi) is 13.3. The number of hydrogen-bond acceptors (Lipinski definition) is 8. The van der Waals surface area contributed by atoms with Crippen LogP contribution in [0.5, 0.6) is 17.2 Å². The van der Waals surface area contributed by atoms with Crippen LogP contribution in [0.25, 0.3) is 33.9 Å². The first-order chi connectivity index (χ1) is 24.4. The van der Waals surface area contributed by atoms with Crippen LogP contribution in [-0.2, 0) is 16.0 Å². The third-order valence-corrected chi connectivity index (χ3v) is 8.75. The average Bonchev–Trinajstić information content (AvgIpc) is 3.50. The molecule has 50 heavy (non-hydrogen) atoms. The van der Waals surface area contributed by atoms with Crippen LogP contribution in [0.4, 0.5) is 0 Å². The normalized spacial score (nSPS) is 11.1. The molecule has 0 bridgehead atoms. The first-order valence-corrected chi connectivity index (χ1v) is 17.0. The molecule has 0 spiro atoms. The summed E-state index contributed by atoms with van der Waals surface area (Å²) in [4.78, 5) is 18.2. The minimum Gasteiger partial charge on any atom is -0.493 e. The maximum absolute atomic E-state index is 13.0. The van der Waals surface area contributed by atoms with Crippen LogP contribution in [0.3, 0.4) is 0 Å². The second-order valence-corrected chi connectivity index (χ2v) is 12.1. The molecule has 2 N–H and O–H groups in total. The number of nitrogens with zero attached hydrogens (tertiary/aromatic N) is 2. The van der Waals surface area contributed by atoms with Gasteiger partial charge in [0.25, 0.3) is 0 Å². The standard InChI is InChI=1S/C39H41Cl2N3O6/c1-46-34-23-28(24-35(47-2)38(34)48-3)39-43-36(29-9-4-6-11-31(29)40)37(30-10-5-7-12-32(30)41)44(39)25-26-14-16-27(17-15-26)33(45)13-8-19-49-21-22-50-20-18-42/h4-7,9-12,14-17,23-24H,8,13,18-22,25,42H2,1-3H3. The van der Waals surface area contributed by atoms with E-state index in [1.165, 1.54) is 0 Å². The molecule has 5 rings (SSSR count). The Hall–Kier alpha value is -4.38. The molecule has 0 aliphatic rings. The number of aromatic nitrogens is 2. The van der Waals surface area contributed by atoms with Crippen molar-refractivity contribution < 1.29 is 28.5 Å². The summed E-state index contributed by atoms with van der Waals surface area (Å²) in [6.07, 6.45) is 1.00. The number of hydrogen-bond donors (Lipinski definition) is 1. The maximum atomic E-state index is 13.0. The molecule has 0 amide bonds. The molecular weight excluding hydrogens is 677 g/mol. The van der Waals surface area contributed by atoms with Crippen LogP contribution in [0.15, 0.2) is 84.9 Å². The molecule has 0 atom stereocenters. The third-order valence-electron chi connectivity index (χ3n) is 8.09. The van der Waals surface area contributed by atoms with E-state index in [1.807, 2.05) is 84.9 Å². The summed E-state index contributed by atoms with van der Waals surface area (Å²) in [5.74, 6) is 2.13. The highest BCUT2D eigenvalue weighted by Gasteiger charge is 2.26.